The lowest BCUT2D eigenvalue weighted by molar-refractivity contribution is 0.0113. The van der Waals surface area contributed by atoms with Crippen molar-refractivity contribution in [3.8, 4) is 0 Å². The van der Waals surface area contributed by atoms with Crippen molar-refractivity contribution in [1.29, 1.82) is 0 Å². The van der Waals surface area contributed by atoms with E-state index in [1.807, 2.05) is 18.2 Å². The van der Waals surface area contributed by atoms with E-state index in [1.165, 1.54) is 12.1 Å². The summed E-state index contributed by atoms with van der Waals surface area (Å²) in [7, 11) is 0. The molecule has 2 aromatic carbocycles. The van der Waals surface area contributed by atoms with Crippen LogP contribution in [0.5, 0.6) is 0 Å². The molecule has 0 saturated heterocycles. The van der Waals surface area contributed by atoms with Gasteiger partial charge < -0.3 is 20.3 Å². The van der Waals surface area contributed by atoms with Crippen LogP contribution in [0.3, 0.4) is 0 Å². The van der Waals surface area contributed by atoms with Crippen molar-refractivity contribution in [3.05, 3.63) is 71.3 Å². The first kappa shape index (κ1) is 18.8. The van der Waals surface area contributed by atoms with Crippen LogP contribution in [0, 0.1) is 11.6 Å². The molecule has 5 nitrogen and oxygen atoms in total. The normalized spacial score (nSPS) is 13.1. The number of carbonyl (C=O) groups is 1. The van der Waals surface area contributed by atoms with Gasteiger partial charge in [0.05, 0.1) is 6.10 Å². The molecule has 1 amide bonds. The monoisotopic (exact) mass is 351 g/mol. The Balaban J connectivity index is 1.75. The first-order valence-corrected chi connectivity index (χ1v) is 7.73. The van der Waals surface area contributed by atoms with Crippen LogP contribution in [-0.4, -0.2) is 29.0 Å². The van der Waals surface area contributed by atoms with Crippen molar-refractivity contribution in [2.24, 2.45) is 0 Å². The number of ether oxygens (including phenoxy) is 1. The van der Waals surface area contributed by atoms with Crippen molar-refractivity contribution >= 4 is 6.09 Å². The summed E-state index contributed by atoms with van der Waals surface area (Å²) < 4.78 is 31.7. The van der Waals surface area contributed by atoms with E-state index in [1.54, 1.807) is 12.1 Å². The van der Waals surface area contributed by atoms with Gasteiger partial charge in [-0.2, -0.15) is 0 Å². The summed E-state index contributed by atoms with van der Waals surface area (Å²) in [6, 6.07) is 12.4. The van der Waals surface area contributed by atoms with Crippen LogP contribution in [-0.2, 0) is 11.3 Å². The molecular formula is C18H19F2NO4. The molecule has 0 spiro atoms. The molecule has 2 unspecified atom stereocenters. The molecule has 0 aliphatic heterocycles. The number of hydrogen-bond acceptors (Lipinski definition) is 4. The largest absolute Gasteiger partial charge is 0.445 e. The Bertz CT molecular complexity index is 697. The number of benzene rings is 2. The standard InChI is InChI=1S/C18H19F2NO4/c19-14-8-4-7-13(16(14)20)17(23)15(22)9-10-21-18(24)25-11-12-5-2-1-3-6-12/h1-8,15,17,22-23H,9-11H2,(H,21,24). The molecule has 0 aromatic heterocycles. The van der Waals surface area contributed by atoms with Crippen molar-refractivity contribution < 1.29 is 28.5 Å². The molecule has 0 bridgehead atoms. The first-order chi connectivity index (χ1) is 12.0. The number of halogens is 2. The summed E-state index contributed by atoms with van der Waals surface area (Å²) >= 11 is 0. The summed E-state index contributed by atoms with van der Waals surface area (Å²) in [4.78, 5) is 11.5. The van der Waals surface area contributed by atoms with Gasteiger partial charge in [0, 0.05) is 12.1 Å². The second kappa shape index (κ2) is 9.10. The Morgan fingerprint density at radius 1 is 1.08 bits per heavy atom. The molecule has 7 heteroatoms. The Morgan fingerprint density at radius 2 is 1.80 bits per heavy atom. The molecule has 25 heavy (non-hydrogen) atoms. The van der Waals surface area contributed by atoms with Crippen LogP contribution in [0.25, 0.3) is 0 Å². The fourth-order valence-electron chi connectivity index (χ4n) is 2.21. The average Bonchev–Trinajstić information content (AvgIpc) is 2.62. The van der Waals surface area contributed by atoms with Gasteiger partial charge in [-0.05, 0) is 18.1 Å². The Kier molecular flexibility index (Phi) is 6.85. The zero-order valence-electron chi connectivity index (χ0n) is 13.4. The molecule has 3 N–H and O–H groups in total. The third-order valence-corrected chi connectivity index (χ3v) is 3.59. The Labute approximate surface area is 143 Å². The molecule has 0 radical (unpaired) electrons. The highest BCUT2D eigenvalue weighted by atomic mass is 19.2. The van der Waals surface area contributed by atoms with Gasteiger partial charge in [-0.25, -0.2) is 13.6 Å². The second-order valence-electron chi connectivity index (χ2n) is 5.43. The van der Waals surface area contributed by atoms with E-state index in [9.17, 15) is 23.8 Å². The summed E-state index contributed by atoms with van der Waals surface area (Å²) in [6.45, 7) is 0.106. The highest BCUT2D eigenvalue weighted by Gasteiger charge is 2.23. The van der Waals surface area contributed by atoms with Crippen LogP contribution in [0.15, 0.2) is 48.5 Å². The molecule has 0 aliphatic carbocycles. The Morgan fingerprint density at radius 3 is 2.52 bits per heavy atom. The van der Waals surface area contributed by atoms with E-state index in [2.05, 4.69) is 5.32 Å². The lowest BCUT2D eigenvalue weighted by Crippen LogP contribution is -2.30. The lowest BCUT2D eigenvalue weighted by atomic mass is 10.0. The maximum absolute atomic E-state index is 13.6. The number of carbonyl (C=O) groups excluding carboxylic acids is 1. The van der Waals surface area contributed by atoms with Crippen LogP contribution in [0.1, 0.15) is 23.7 Å². The van der Waals surface area contributed by atoms with Gasteiger partial charge in [0.25, 0.3) is 0 Å². The number of alkyl carbamates (subject to hydrolysis) is 1. The van der Waals surface area contributed by atoms with Gasteiger partial charge in [-0.1, -0.05) is 42.5 Å². The van der Waals surface area contributed by atoms with Crippen LogP contribution in [0.2, 0.25) is 0 Å². The molecule has 0 aliphatic rings. The minimum Gasteiger partial charge on any atom is -0.445 e. The minimum atomic E-state index is -1.60. The predicted molar refractivity (Wildman–Crippen MR) is 86.6 cm³/mol. The first-order valence-electron chi connectivity index (χ1n) is 7.73. The van der Waals surface area contributed by atoms with Gasteiger partial charge in [0.1, 0.15) is 12.7 Å². The smallest absolute Gasteiger partial charge is 0.407 e. The van der Waals surface area contributed by atoms with E-state index in [0.717, 1.165) is 11.6 Å². The SMILES string of the molecule is O=C(NCCC(O)C(O)c1cccc(F)c1F)OCc1ccccc1. The maximum Gasteiger partial charge on any atom is 0.407 e. The van der Waals surface area contributed by atoms with Gasteiger partial charge >= 0.3 is 6.09 Å². The quantitative estimate of drug-likeness (QED) is 0.717. The second-order valence-corrected chi connectivity index (χ2v) is 5.43. The number of hydrogen-bond donors (Lipinski definition) is 3. The van der Waals surface area contributed by atoms with E-state index in [4.69, 9.17) is 4.74 Å². The number of amides is 1. The fourth-order valence-corrected chi connectivity index (χ4v) is 2.21. The highest BCUT2D eigenvalue weighted by Crippen LogP contribution is 2.23. The molecule has 0 heterocycles. The molecule has 2 aromatic rings. The van der Waals surface area contributed by atoms with E-state index in [0.29, 0.717) is 0 Å². The third kappa shape index (κ3) is 5.51. The van der Waals surface area contributed by atoms with E-state index in [-0.39, 0.29) is 25.1 Å². The van der Waals surface area contributed by atoms with Crippen molar-refractivity contribution in [1.82, 2.24) is 5.32 Å². The van der Waals surface area contributed by atoms with Crippen molar-refractivity contribution in [2.45, 2.75) is 25.2 Å². The number of rotatable bonds is 7. The zero-order chi connectivity index (χ0) is 18.2. The molecule has 2 atom stereocenters. The Hall–Kier alpha value is -2.51. The summed E-state index contributed by atoms with van der Waals surface area (Å²) in [5.74, 6) is -2.31. The number of aliphatic hydroxyl groups excluding tert-OH is 2. The lowest BCUT2D eigenvalue weighted by Gasteiger charge is -2.19. The van der Waals surface area contributed by atoms with Crippen LogP contribution in [0.4, 0.5) is 13.6 Å². The van der Waals surface area contributed by atoms with Crippen LogP contribution >= 0.6 is 0 Å². The molecule has 2 rings (SSSR count). The third-order valence-electron chi connectivity index (χ3n) is 3.59. The summed E-state index contributed by atoms with van der Waals surface area (Å²) in [5, 5.41) is 22.2. The molecular weight excluding hydrogens is 332 g/mol. The molecule has 0 fully saturated rings. The topological polar surface area (TPSA) is 78.8 Å². The van der Waals surface area contributed by atoms with E-state index < -0.39 is 29.9 Å². The zero-order valence-corrected chi connectivity index (χ0v) is 13.4. The predicted octanol–water partition coefficient (Wildman–Crippen LogP) is 2.68. The van der Waals surface area contributed by atoms with Crippen molar-refractivity contribution in [2.75, 3.05) is 6.54 Å². The van der Waals surface area contributed by atoms with E-state index >= 15 is 0 Å². The van der Waals surface area contributed by atoms with Crippen molar-refractivity contribution in [3.63, 3.8) is 0 Å². The highest BCUT2D eigenvalue weighted by molar-refractivity contribution is 5.67. The average molecular weight is 351 g/mol. The molecule has 134 valence electrons. The number of nitrogens with one attached hydrogen (secondary N) is 1. The number of aliphatic hydroxyl groups is 2. The summed E-state index contributed by atoms with van der Waals surface area (Å²) in [6.07, 6.45) is -3.71. The fraction of sp³-hybridized carbons (Fsp3) is 0.278. The summed E-state index contributed by atoms with van der Waals surface area (Å²) in [5.41, 5.74) is 0.494. The van der Waals surface area contributed by atoms with Gasteiger partial charge in [0.15, 0.2) is 11.6 Å². The maximum atomic E-state index is 13.6. The van der Waals surface area contributed by atoms with Gasteiger partial charge in [0.2, 0.25) is 0 Å². The van der Waals surface area contributed by atoms with Gasteiger partial charge in [-0.15, -0.1) is 0 Å². The van der Waals surface area contributed by atoms with Gasteiger partial charge in [-0.3, -0.25) is 0 Å². The molecule has 0 saturated carbocycles. The minimum absolute atomic E-state index is 0.00276. The van der Waals surface area contributed by atoms with Crippen LogP contribution < -0.4 is 5.32 Å².